The lowest BCUT2D eigenvalue weighted by Crippen LogP contribution is -2.36. The summed E-state index contributed by atoms with van der Waals surface area (Å²) in [5.41, 5.74) is 0.558. The van der Waals surface area contributed by atoms with E-state index >= 15 is 0 Å². The molecule has 0 aliphatic rings. The quantitative estimate of drug-likeness (QED) is 0.836. The Hall–Kier alpha value is -2.23. The van der Waals surface area contributed by atoms with Gasteiger partial charge in [-0.15, -0.1) is 0 Å². The van der Waals surface area contributed by atoms with Crippen molar-refractivity contribution in [3.63, 3.8) is 0 Å². The molecule has 0 atom stereocenters. The van der Waals surface area contributed by atoms with E-state index < -0.39 is 18.8 Å². The molecule has 0 radical (unpaired) electrons. The summed E-state index contributed by atoms with van der Waals surface area (Å²) in [7, 11) is 0. The maximum absolute atomic E-state index is 11.8. The maximum Gasteiger partial charge on any atom is 0.405 e. The van der Waals surface area contributed by atoms with Crippen molar-refractivity contribution in [3.8, 4) is 6.07 Å². The summed E-state index contributed by atoms with van der Waals surface area (Å²) in [5, 5.41) is 12.4. The molecule has 0 unspecified atom stereocenters. The molecule has 1 aromatic rings. The van der Waals surface area contributed by atoms with Crippen LogP contribution in [0.3, 0.4) is 0 Å². The van der Waals surface area contributed by atoms with Crippen molar-refractivity contribution in [1.29, 1.82) is 5.26 Å². The number of carbonyl (C=O) groups is 1. The summed E-state index contributed by atoms with van der Waals surface area (Å²) in [6.45, 7) is -1.41. The van der Waals surface area contributed by atoms with Gasteiger partial charge in [0, 0.05) is 5.69 Å². The second kappa shape index (κ2) is 5.21. The molecule has 0 aromatic heterocycles. The van der Waals surface area contributed by atoms with E-state index in [1.54, 1.807) is 5.32 Å². The van der Waals surface area contributed by atoms with Gasteiger partial charge in [0.25, 0.3) is 0 Å². The molecule has 1 aromatic carbocycles. The summed E-state index contributed by atoms with van der Waals surface area (Å²) in [4.78, 5) is 11.1. The first-order valence-corrected chi connectivity index (χ1v) is 4.52. The summed E-state index contributed by atoms with van der Waals surface area (Å²) in [5.74, 6) is 0. The van der Waals surface area contributed by atoms with Crippen LogP contribution in [-0.4, -0.2) is 18.8 Å². The predicted molar refractivity (Wildman–Crippen MR) is 54.2 cm³/mol. The van der Waals surface area contributed by atoms with Crippen LogP contribution in [0, 0.1) is 11.3 Å². The number of nitrogens with one attached hydrogen (secondary N) is 2. The van der Waals surface area contributed by atoms with Gasteiger partial charge >= 0.3 is 12.2 Å². The molecule has 7 heteroatoms. The van der Waals surface area contributed by atoms with Gasteiger partial charge in [0.2, 0.25) is 0 Å². The predicted octanol–water partition coefficient (Wildman–Crippen LogP) is 2.24. The Kier molecular flexibility index (Phi) is 3.93. The molecule has 2 N–H and O–H groups in total. The number of rotatable bonds is 2. The average Bonchev–Trinajstić information content (AvgIpc) is 2.26. The Morgan fingerprint density at radius 2 is 2.12 bits per heavy atom. The van der Waals surface area contributed by atoms with Crippen LogP contribution in [0.2, 0.25) is 0 Å². The van der Waals surface area contributed by atoms with Gasteiger partial charge in [-0.25, -0.2) is 4.79 Å². The van der Waals surface area contributed by atoms with Gasteiger partial charge in [0.15, 0.2) is 0 Å². The third kappa shape index (κ3) is 4.88. The van der Waals surface area contributed by atoms with E-state index in [2.05, 4.69) is 5.32 Å². The number of nitrogens with zero attached hydrogens (tertiary/aromatic N) is 1. The van der Waals surface area contributed by atoms with Crippen molar-refractivity contribution in [2.45, 2.75) is 6.18 Å². The second-order valence-corrected chi connectivity index (χ2v) is 3.12. The van der Waals surface area contributed by atoms with Crippen molar-refractivity contribution >= 4 is 11.7 Å². The lowest BCUT2D eigenvalue weighted by atomic mass is 10.2. The van der Waals surface area contributed by atoms with Crippen LogP contribution < -0.4 is 10.6 Å². The number of amides is 2. The van der Waals surface area contributed by atoms with Gasteiger partial charge in [-0.3, -0.25) is 0 Å². The fraction of sp³-hybridized carbons (Fsp3) is 0.200. The van der Waals surface area contributed by atoms with Gasteiger partial charge in [-0.1, -0.05) is 6.07 Å². The van der Waals surface area contributed by atoms with Gasteiger partial charge < -0.3 is 10.6 Å². The highest BCUT2D eigenvalue weighted by atomic mass is 19.4. The monoisotopic (exact) mass is 243 g/mol. The lowest BCUT2D eigenvalue weighted by molar-refractivity contribution is -0.122. The summed E-state index contributed by atoms with van der Waals surface area (Å²) >= 11 is 0. The Balaban J connectivity index is 2.54. The third-order valence-electron chi connectivity index (χ3n) is 1.70. The number of nitriles is 1. The molecule has 0 aliphatic heterocycles. The minimum Gasteiger partial charge on any atom is -0.329 e. The van der Waals surface area contributed by atoms with E-state index in [0.717, 1.165) is 0 Å². The van der Waals surface area contributed by atoms with E-state index in [-0.39, 0.29) is 5.69 Å². The summed E-state index contributed by atoms with van der Waals surface area (Å²) < 4.78 is 35.4. The van der Waals surface area contributed by atoms with Crippen LogP contribution in [0.15, 0.2) is 24.3 Å². The van der Waals surface area contributed by atoms with Crippen molar-refractivity contribution in [2.24, 2.45) is 0 Å². The molecule has 4 nitrogen and oxygen atoms in total. The molecule has 90 valence electrons. The van der Waals surface area contributed by atoms with E-state index in [1.165, 1.54) is 24.3 Å². The van der Waals surface area contributed by atoms with Gasteiger partial charge in [0.1, 0.15) is 6.54 Å². The zero-order valence-corrected chi connectivity index (χ0v) is 8.51. The topological polar surface area (TPSA) is 64.9 Å². The molecular formula is C10H8F3N3O. The molecule has 1 rings (SSSR count). The number of hydrogen-bond acceptors (Lipinski definition) is 2. The van der Waals surface area contributed by atoms with E-state index in [4.69, 9.17) is 5.26 Å². The first-order chi connectivity index (χ1) is 7.90. The minimum absolute atomic E-state index is 0.253. The Bertz CT molecular complexity index is 451. The number of anilines is 1. The highest BCUT2D eigenvalue weighted by molar-refractivity contribution is 5.89. The smallest absolute Gasteiger partial charge is 0.329 e. The Morgan fingerprint density at radius 3 is 2.71 bits per heavy atom. The molecule has 0 spiro atoms. The van der Waals surface area contributed by atoms with E-state index in [1.807, 2.05) is 6.07 Å². The van der Waals surface area contributed by atoms with E-state index in [0.29, 0.717) is 5.56 Å². The molecule has 0 heterocycles. The van der Waals surface area contributed by atoms with Gasteiger partial charge in [-0.05, 0) is 18.2 Å². The first kappa shape index (κ1) is 12.8. The third-order valence-corrected chi connectivity index (χ3v) is 1.70. The van der Waals surface area contributed by atoms with Crippen molar-refractivity contribution in [2.75, 3.05) is 11.9 Å². The zero-order valence-electron chi connectivity index (χ0n) is 8.51. The average molecular weight is 243 g/mol. The highest BCUT2D eigenvalue weighted by Crippen LogP contribution is 2.13. The largest absolute Gasteiger partial charge is 0.405 e. The number of urea groups is 1. The lowest BCUT2D eigenvalue weighted by Gasteiger charge is -2.09. The number of halogens is 3. The molecular weight excluding hydrogens is 235 g/mol. The van der Waals surface area contributed by atoms with Crippen molar-refractivity contribution in [1.82, 2.24) is 5.32 Å². The van der Waals surface area contributed by atoms with Crippen LogP contribution in [-0.2, 0) is 0 Å². The van der Waals surface area contributed by atoms with Crippen LogP contribution >= 0.6 is 0 Å². The maximum atomic E-state index is 11.8. The Morgan fingerprint density at radius 1 is 1.41 bits per heavy atom. The minimum atomic E-state index is -4.45. The molecule has 0 saturated heterocycles. The van der Waals surface area contributed by atoms with Crippen LogP contribution in [0.4, 0.5) is 23.7 Å². The van der Waals surface area contributed by atoms with Gasteiger partial charge in [-0.2, -0.15) is 18.4 Å². The summed E-state index contributed by atoms with van der Waals surface area (Å²) in [6, 6.07) is 6.72. The second-order valence-electron chi connectivity index (χ2n) is 3.12. The standard InChI is InChI=1S/C10H8F3N3O/c11-10(12,13)6-15-9(17)16-8-3-1-2-7(4-8)5-14/h1-4H,6H2,(H2,15,16,17). The zero-order chi connectivity index (χ0) is 12.9. The van der Waals surface area contributed by atoms with Crippen molar-refractivity contribution in [3.05, 3.63) is 29.8 Å². The fourth-order valence-corrected chi connectivity index (χ4v) is 1.02. The first-order valence-electron chi connectivity index (χ1n) is 4.52. The highest BCUT2D eigenvalue weighted by Gasteiger charge is 2.27. The molecule has 17 heavy (non-hydrogen) atoms. The molecule has 0 bridgehead atoms. The van der Waals surface area contributed by atoms with Crippen LogP contribution in [0.5, 0.6) is 0 Å². The molecule has 0 saturated carbocycles. The number of carbonyl (C=O) groups excluding carboxylic acids is 1. The molecule has 2 amide bonds. The SMILES string of the molecule is N#Cc1cccc(NC(=O)NCC(F)(F)F)c1. The van der Waals surface area contributed by atoms with Crippen LogP contribution in [0.1, 0.15) is 5.56 Å². The molecule has 0 aliphatic carbocycles. The summed E-state index contributed by atoms with van der Waals surface area (Å²) in [6.07, 6.45) is -4.45. The number of benzene rings is 1. The van der Waals surface area contributed by atoms with Gasteiger partial charge in [0.05, 0.1) is 11.6 Å². The van der Waals surface area contributed by atoms with Crippen molar-refractivity contribution < 1.29 is 18.0 Å². The Labute approximate surface area is 95.0 Å². The number of hydrogen-bond donors (Lipinski definition) is 2. The van der Waals surface area contributed by atoms with E-state index in [9.17, 15) is 18.0 Å². The fourth-order valence-electron chi connectivity index (χ4n) is 1.02. The van der Waals surface area contributed by atoms with Crippen LogP contribution in [0.25, 0.3) is 0 Å². The molecule has 0 fully saturated rings. The number of alkyl halides is 3. The normalized spacial score (nSPS) is 10.5.